The standard InChI is InChI=1S/C14H15NO/c1-3-13-7-9-14(10-8-13)6-4-5-11-15-12(2)16/h3,7-10H,1,5,11H2,2H3,(H,15,16). The summed E-state index contributed by atoms with van der Waals surface area (Å²) in [6, 6.07) is 7.88. The van der Waals surface area contributed by atoms with Crippen LogP contribution in [0.1, 0.15) is 24.5 Å². The van der Waals surface area contributed by atoms with Gasteiger partial charge >= 0.3 is 0 Å². The lowest BCUT2D eigenvalue weighted by Crippen LogP contribution is -2.20. The molecule has 82 valence electrons. The highest BCUT2D eigenvalue weighted by Gasteiger charge is 1.88. The van der Waals surface area contributed by atoms with Gasteiger partial charge in [0.15, 0.2) is 0 Å². The van der Waals surface area contributed by atoms with Crippen LogP contribution in [0.5, 0.6) is 0 Å². The van der Waals surface area contributed by atoms with Crippen LogP contribution in [0.2, 0.25) is 0 Å². The summed E-state index contributed by atoms with van der Waals surface area (Å²) in [7, 11) is 0. The Hall–Kier alpha value is -2.01. The summed E-state index contributed by atoms with van der Waals surface area (Å²) in [6.45, 7) is 5.79. The van der Waals surface area contributed by atoms with Gasteiger partial charge in [-0.15, -0.1) is 0 Å². The second-order valence-corrected chi connectivity index (χ2v) is 3.36. The van der Waals surface area contributed by atoms with Crippen LogP contribution in [-0.2, 0) is 4.79 Å². The van der Waals surface area contributed by atoms with Crippen molar-refractivity contribution >= 4 is 12.0 Å². The van der Waals surface area contributed by atoms with Crippen LogP contribution in [0.4, 0.5) is 0 Å². The zero-order valence-electron chi connectivity index (χ0n) is 9.42. The van der Waals surface area contributed by atoms with Crippen molar-refractivity contribution in [1.29, 1.82) is 0 Å². The molecule has 2 heteroatoms. The lowest BCUT2D eigenvalue weighted by atomic mass is 10.1. The Morgan fingerprint density at radius 2 is 2.12 bits per heavy atom. The molecule has 0 saturated carbocycles. The maximum absolute atomic E-state index is 10.6. The quantitative estimate of drug-likeness (QED) is 0.605. The van der Waals surface area contributed by atoms with E-state index in [4.69, 9.17) is 0 Å². The van der Waals surface area contributed by atoms with Crippen LogP contribution in [0.25, 0.3) is 6.08 Å². The molecule has 1 rings (SSSR count). The van der Waals surface area contributed by atoms with Gasteiger partial charge in [0.25, 0.3) is 0 Å². The summed E-state index contributed by atoms with van der Waals surface area (Å²) in [4.78, 5) is 10.6. The van der Waals surface area contributed by atoms with Crippen LogP contribution in [0, 0.1) is 11.8 Å². The fraction of sp³-hybridized carbons (Fsp3) is 0.214. The first-order chi connectivity index (χ1) is 7.72. The lowest BCUT2D eigenvalue weighted by Gasteiger charge is -1.95. The van der Waals surface area contributed by atoms with Crippen LogP contribution >= 0.6 is 0 Å². The van der Waals surface area contributed by atoms with Gasteiger partial charge < -0.3 is 5.32 Å². The Kier molecular flexibility index (Phi) is 4.88. The molecule has 0 aliphatic carbocycles. The molecule has 1 aromatic carbocycles. The van der Waals surface area contributed by atoms with Crippen molar-refractivity contribution < 1.29 is 4.79 Å². The third kappa shape index (κ3) is 4.47. The first-order valence-corrected chi connectivity index (χ1v) is 5.18. The van der Waals surface area contributed by atoms with Crippen LogP contribution in [-0.4, -0.2) is 12.5 Å². The highest BCUT2D eigenvalue weighted by atomic mass is 16.1. The van der Waals surface area contributed by atoms with E-state index in [-0.39, 0.29) is 5.91 Å². The summed E-state index contributed by atoms with van der Waals surface area (Å²) in [5.41, 5.74) is 2.07. The molecule has 0 heterocycles. The number of hydrogen-bond acceptors (Lipinski definition) is 1. The maximum atomic E-state index is 10.6. The van der Waals surface area contributed by atoms with Gasteiger partial charge in [-0.2, -0.15) is 0 Å². The van der Waals surface area contributed by atoms with Gasteiger partial charge in [0.1, 0.15) is 0 Å². The molecule has 1 aromatic rings. The molecule has 0 unspecified atom stereocenters. The Labute approximate surface area is 96.4 Å². The maximum Gasteiger partial charge on any atom is 0.216 e. The van der Waals surface area contributed by atoms with E-state index < -0.39 is 0 Å². The van der Waals surface area contributed by atoms with Gasteiger partial charge in [-0.25, -0.2) is 0 Å². The number of carbonyl (C=O) groups is 1. The van der Waals surface area contributed by atoms with Crippen molar-refractivity contribution in [3.05, 3.63) is 42.0 Å². The van der Waals surface area contributed by atoms with Crippen molar-refractivity contribution in [1.82, 2.24) is 5.32 Å². The smallest absolute Gasteiger partial charge is 0.216 e. The van der Waals surface area contributed by atoms with Gasteiger partial charge in [0.05, 0.1) is 0 Å². The van der Waals surface area contributed by atoms with E-state index in [2.05, 4.69) is 23.7 Å². The van der Waals surface area contributed by atoms with Crippen LogP contribution in [0.3, 0.4) is 0 Å². The summed E-state index contributed by atoms with van der Waals surface area (Å²) in [5.74, 6) is 6.02. The first kappa shape index (κ1) is 12.1. The average molecular weight is 213 g/mol. The van der Waals surface area contributed by atoms with Crippen LogP contribution in [0.15, 0.2) is 30.8 Å². The molecule has 0 aromatic heterocycles. The topological polar surface area (TPSA) is 29.1 Å². The third-order valence-corrected chi connectivity index (χ3v) is 2.00. The van der Waals surface area contributed by atoms with E-state index in [1.165, 1.54) is 6.92 Å². The van der Waals surface area contributed by atoms with E-state index in [0.717, 1.165) is 11.1 Å². The minimum atomic E-state index is -0.0165. The number of hydrogen-bond donors (Lipinski definition) is 1. The molecule has 1 amide bonds. The summed E-state index contributed by atoms with van der Waals surface area (Å²) in [5, 5.41) is 2.70. The molecule has 0 radical (unpaired) electrons. The molecule has 1 N–H and O–H groups in total. The molecule has 0 saturated heterocycles. The number of amides is 1. The number of nitrogens with one attached hydrogen (secondary N) is 1. The molecule has 0 aliphatic rings. The van der Waals surface area contributed by atoms with E-state index in [0.29, 0.717) is 13.0 Å². The SMILES string of the molecule is C=Cc1ccc(C#CCCNC(C)=O)cc1. The fourth-order valence-corrected chi connectivity index (χ4v) is 1.17. The number of benzene rings is 1. The van der Waals surface area contributed by atoms with Gasteiger partial charge in [-0.1, -0.05) is 36.6 Å². The van der Waals surface area contributed by atoms with Gasteiger partial charge in [0.2, 0.25) is 5.91 Å². The minimum Gasteiger partial charge on any atom is -0.355 e. The molecule has 0 atom stereocenters. The summed E-state index contributed by atoms with van der Waals surface area (Å²) >= 11 is 0. The minimum absolute atomic E-state index is 0.0165. The zero-order chi connectivity index (χ0) is 11.8. The zero-order valence-corrected chi connectivity index (χ0v) is 9.42. The van der Waals surface area contributed by atoms with E-state index in [9.17, 15) is 4.79 Å². The predicted molar refractivity (Wildman–Crippen MR) is 66.7 cm³/mol. The third-order valence-electron chi connectivity index (χ3n) is 2.00. The van der Waals surface area contributed by atoms with Crippen molar-refractivity contribution in [2.45, 2.75) is 13.3 Å². The highest BCUT2D eigenvalue weighted by molar-refractivity contribution is 5.72. The second-order valence-electron chi connectivity index (χ2n) is 3.36. The Morgan fingerprint density at radius 1 is 1.44 bits per heavy atom. The van der Waals surface area contributed by atoms with E-state index in [1.807, 2.05) is 24.3 Å². The van der Waals surface area contributed by atoms with E-state index in [1.54, 1.807) is 6.08 Å². The number of carbonyl (C=O) groups excluding carboxylic acids is 1. The van der Waals surface area contributed by atoms with Gasteiger partial charge in [-0.3, -0.25) is 4.79 Å². The Balaban J connectivity index is 2.43. The highest BCUT2D eigenvalue weighted by Crippen LogP contribution is 2.03. The van der Waals surface area contributed by atoms with Gasteiger partial charge in [-0.05, 0) is 17.7 Å². The second kappa shape index (κ2) is 6.47. The fourth-order valence-electron chi connectivity index (χ4n) is 1.17. The number of rotatable bonds is 3. The molecular weight excluding hydrogens is 198 g/mol. The molecule has 2 nitrogen and oxygen atoms in total. The van der Waals surface area contributed by atoms with E-state index >= 15 is 0 Å². The predicted octanol–water partition coefficient (Wildman–Crippen LogP) is 2.21. The lowest BCUT2D eigenvalue weighted by molar-refractivity contribution is -0.118. The Morgan fingerprint density at radius 3 is 2.69 bits per heavy atom. The van der Waals surface area contributed by atoms with Crippen molar-refractivity contribution in [2.24, 2.45) is 0 Å². The molecule has 0 spiro atoms. The van der Waals surface area contributed by atoms with Crippen molar-refractivity contribution in [3.8, 4) is 11.8 Å². The summed E-state index contributed by atoms with van der Waals surface area (Å²) in [6.07, 6.45) is 2.47. The first-order valence-electron chi connectivity index (χ1n) is 5.18. The molecule has 16 heavy (non-hydrogen) atoms. The monoisotopic (exact) mass is 213 g/mol. The van der Waals surface area contributed by atoms with Gasteiger partial charge in [0, 0.05) is 25.5 Å². The van der Waals surface area contributed by atoms with Crippen molar-refractivity contribution in [2.75, 3.05) is 6.54 Å². The average Bonchev–Trinajstić information content (AvgIpc) is 2.29. The Bertz CT molecular complexity index is 420. The molecular formula is C14H15NO. The molecule has 0 aliphatic heterocycles. The normalized spacial score (nSPS) is 8.81. The summed E-state index contributed by atoms with van der Waals surface area (Å²) < 4.78 is 0. The molecule has 0 bridgehead atoms. The van der Waals surface area contributed by atoms with Crippen molar-refractivity contribution in [3.63, 3.8) is 0 Å². The largest absolute Gasteiger partial charge is 0.355 e. The molecule has 0 fully saturated rings. The van der Waals surface area contributed by atoms with Crippen LogP contribution < -0.4 is 5.32 Å².